The molecule has 0 atom stereocenters. The molecule has 4 rings (SSSR count). The molecule has 0 aliphatic heterocycles. The molecule has 9 heteroatoms. The Bertz CT molecular complexity index is 1140. The van der Waals surface area contributed by atoms with Gasteiger partial charge in [-0.15, -0.1) is 11.3 Å². The van der Waals surface area contributed by atoms with E-state index in [1.165, 1.54) is 41.4 Å². The lowest BCUT2D eigenvalue weighted by Gasteiger charge is -2.11. The van der Waals surface area contributed by atoms with Gasteiger partial charge in [-0.2, -0.15) is 0 Å². The smallest absolute Gasteiger partial charge is 0.270 e. The van der Waals surface area contributed by atoms with E-state index in [-0.39, 0.29) is 11.2 Å². The number of nitro groups is 1. The van der Waals surface area contributed by atoms with Gasteiger partial charge in [0.2, 0.25) is 0 Å². The number of rotatable bonds is 5. The summed E-state index contributed by atoms with van der Waals surface area (Å²) in [6, 6.07) is 4.52. The molecule has 7 nitrogen and oxygen atoms in total. The first-order valence-corrected chi connectivity index (χ1v) is 10.7. The van der Waals surface area contributed by atoms with Crippen molar-refractivity contribution in [3.05, 3.63) is 54.7 Å². The lowest BCUT2D eigenvalue weighted by Crippen LogP contribution is -2.20. The van der Waals surface area contributed by atoms with Crippen molar-refractivity contribution in [2.24, 2.45) is 7.05 Å². The molecule has 0 bridgehead atoms. The normalized spacial score (nSPS) is 13.5. The number of ether oxygens (including phenoxy) is 1. The molecule has 0 N–H and O–H groups in total. The van der Waals surface area contributed by atoms with Crippen molar-refractivity contribution in [3.8, 4) is 5.75 Å². The van der Waals surface area contributed by atoms with Crippen molar-refractivity contribution in [3.63, 3.8) is 0 Å². The molecular formula is C19H19N3O4S2. The van der Waals surface area contributed by atoms with Crippen LogP contribution in [0, 0.1) is 10.1 Å². The number of methoxy groups -OCH3 is 1. The van der Waals surface area contributed by atoms with E-state index in [1.807, 2.05) is 0 Å². The summed E-state index contributed by atoms with van der Waals surface area (Å²) in [5.74, 6) is 0.998. The molecule has 3 aromatic rings. The average molecular weight is 418 g/mol. The zero-order valence-electron chi connectivity index (χ0n) is 15.6. The maximum absolute atomic E-state index is 13.0. The monoisotopic (exact) mass is 417 g/mol. The summed E-state index contributed by atoms with van der Waals surface area (Å²) >= 11 is 3.00. The molecule has 0 spiro atoms. The summed E-state index contributed by atoms with van der Waals surface area (Å²) in [5, 5.41) is 12.4. The van der Waals surface area contributed by atoms with Crippen LogP contribution < -0.4 is 10.3 Å². The second-order valence-electron chi connectivity index (χ2n) is 6.69. The van der Waals surface area contributed by atoms with Crippen LogP contribution in [0.25, 0.3) is 10.2 Å². The van der Waals surface area contributed by atoms with Crippen molar-refractivity contribution in [2.45, 2.75) is 36.6 Å². The van der Waals surface area contributed by atoms with Gasteiger partial charge >= 0.3 is 0 Å². The molecular weight excluding hydrogens is 398 g/mol. The predicted molar refractivity (Wildman–Crippen MR) is 111 cm³/mol. The van der Waals surface area contributed by atoms with E-state index in [2.05, 4.69) is 0 Å². The van der Waals surface area contributed by atoms with Crippen LogP contribution >= 0.6 is 23.1 Å². The predicted octanol–water partition coefficient (Wildman–Crippen LogP) is 4.08. The van der Waals surface area contributed by atoms with Crippen LogP contribution in [0.3, 0.4) is 0 Å². The van der Waals surface area contributed by atoms with Gasteiger partial charge in [0.15, 0.2) is 5.16 Å². The molecule has 0 unspecified atom stereocenters. The lowest BCUT2D eigenvalue weighted by atomic mass is 9.97. The molecule has 0 fully saturated rings. The molecule has 2 aromatic heterocycles. The van der Waals surface area contributed by atoms with Crippen molar-refractivity contribution in [1.29, 1.82) is 0 Å². The van der Waals surface area contributed by atoms with Crippen molar-refractivity contribution in [2.75, 3.05) is 7.11 Å². The second-order valence-corrected chi connectivity index (χ2v) is 8.72. The Morgan fingerprint density at radius 3 is 2.89 bits per heavy atom. The molecule has 1 aromatic carbocycles. The van der Waals surface area contributed by atoms with Crippen molar-refractivity contribution < 1.29 is 9.66 Å². The maximum Gasteiger partial charge on any atom is 0.270 e. The first-order chi connectivity index (χ1) is 13.5. The fourth-order valence-corrected chi connectivity index (χ4v) is 5.78. The van der Waals surface area contributed by atoms with Crippen molar-refractivity contribution in [1.82, 2.24) is 9.55 Å². The van der Waals surface area contributed by atoms with E-state index in [0.717, 1.165) is 35.9 Å². The largest absolute Gasteiger partial charge is 0.496 e. The molecule has 1 aliphatic carbocycles. The summed E-state index contributed by atoms with van der Waals surface area (Å²) in [7, 11) is 3.26. The van der Waals surface area contributed by atoms with Crippen LogP contribution in [-0.4, -0.2) is 21.6 Å². The van der Waals surface area contributed by atoms with Gasteiger partial charge in [-0.05, 0) is 37.3 Å². The number of benzene rings is 1. The highest BCUT2D eigenvalue weighted by Crippen LogP contribution is 2.35. The number of nitrogens with zero attached hydrogens (tertiary/aromatic N) is 3. The first-order valence-electron chi connectivity index (χ1n) is 8.95. The molecule has 0 saturated carbocycles. The minimum absolute atomic E-state index is 0.0135. The Labute approximate surface area is 169 Å². The summed E-state index contributed by atoms with van der Waals surface area (Å²) in [5.41, 5.74) is 1.87. The number of hydrogen-bond donors (Lipinski definition) is 0. The number of fused-ring (bicyclic) bond motifs is 3. The van der Waals surface area contributed by atoms with E-state index >= 15 is 0 Å². The van der Waals surface area contributed by atoms with E-state index in [1.54, 1.807) is 29.0 Å². The number of thiophene rings is 1. The zero-order chi connectivity index (χ0) is 19.8. The number of nitro benzene ring substituents is 1. The Hall–Kier alpha value is -2.39. The Morgan fingerprint density at radius 2 is 2.14 bits per heavy atom. The summed E-state index contributed by atoms with van der Waals surface area (Å²) in [4.78, 5) is 30.4. The molecule has 28 heavy (non-hydrogen) atoms. The number of non-ortho nitro benzene ring substituents is 1. The van der Waals surface area contributed by atoms with Gasteiger partial charge in [-0.3, -0.25) is 19.5 Å². The third-order valence-electron chi connectivity index (χ3n) is 4.99. The van der Waals surface area contributed by atoms with Gasteiger partial charge in [0.05, 0.1) is 17.4 Å². The van der Waals surface area contributed by atoms with Gasteiger partial charge in [0.25, 0.3) is 11.2 Å². The minimum Gasteiger partial charge on any atom is -0.496 e. The molecule has 146 valence electrons. The maximum atomic E-state index is 13.0. The van der Waals surface area contributed by atoms with Crippen molar-refractivity contribution >= 4 is 39.0 Å². The van der Waals surface area contributed by atoms with Crippen LogP contribution in [0.15, 0.2) is 28.2 Å². The van der Waals surface area contributed by atoms with E-state index in [9.17, 15) is 14.9 Å². The number of hydrogen-bond acceptors (Lipinski definition) is 7. The minimum atomic E-state index is -0.427. The number of aryl methyl sites for hydroxylation is 2. The fraction of sp³-hybridized carbons (Fsp3) is 0.368. The van der Waals surface area contributed by atoms with Gasteiger partial charge in [0.1, 0.15) is 10.6 Å². The fourth-order valence-electron chi connectivity index (χ4n) is 3.53. The van der Waals surface area contributed by atoms with Crippen LogP contribution in [0.1, 0.15) is 28.8 Å². The Balaban J connectivity index is 1.69. The van der Waals surface area contributed by atoms with Gasteiger partial charge in [0, 0.05) is 35.4 Å². The summed E-state index contributed by atoms with van der Waals surface area (Å²) in [6.45, 7) is 0. The third kappa shape index (κ3) is 3.29. The molecule has 2 heterocycles. The second kappa shape index (κ2) is 7.56. The number of aromatic nitrogens is 2. The molecule has 0 saturated heterocycles. The summed E-state index contributed by atoms with van der Waals surface area (Å²) < 4.78 is 6.91. The SMILES string of the molecule is COc1ccc([N+](=O)[O-])cc1CSc1nc2sc3c(c2c(=O)n1C)CCCC3. The molecule has 0 amide bonds. The van der Waals surface area contributed by atoms with Gasteiger partial charge in [-0.25, -0.2) is 4.98 Å². The van der Waals surface area contributed by atoms with Gasteiger partial charge < -0.3 is 4.74 Å². The third-order valence-corrected chi connectivity index (χ3v) is 7.25. The zero-order valence-corrected chi connectivity index (χ0v) is 17.2. The first kappa shape index (κ1) is 18.9. The summed E-state index contributed by atoms with van der Waals surface area (Å²) in [6.07, 6.45) is 4.25. The highest BCUT2D eigenvalue weighted by atomic mass is 32.2. The van der Waals surface area contributed by atoms with Crippen LogP contribution in [0.2, 0.25) is 0 Å². The van der Waals surface area contributed by atoms with Crippen LogP contribution in [-0.2, 0) is 25.6 Å². The lowest BCUT2D eigenvalue weighted by molar-refractivity contribution is -0.384. The highest BCUT2D eigenvalue weighted by Gasteiger charge is 2.21. The van der Waals surface area contributed by atoms with Crippen LogP contribution in [0.4, 0.5) is 5.69 Å². The quantitative estimate of drug-likeness (QED) is 0.269. The highest BCUT2D eigenvalue weighted by molar-refractivity contribution is 7.98. The topological polar surface area (TPSA) is 87.3 Å². The Kier molecular flexibility index (Phi) is 5.11. The van der Waals surface area contributed by atoms with Crippen LogP contribution in [0.5, 0.6) is 5.75 Å². The standard InChI is InChI=1S/C19H19N3O4S2/c1-21-18(23)16-13-5-3-4-6-15(13)28-17(16)20-19(21)27-10-11-9-12(22(24)25)7-8-14(11)26-2/h7-9H,3-6,10H2,1-2H3. The molecule has 1 aliphatic rings. The Morgan fingerprint density at radius 1 is 1.36 bits per heavy atom. The number of thioether (sulfide) groups is 1. The van der Waals surface area contributed by atoms with E-state index < -0.39 is 4.92 Å². The van der Waals surface area contributed by atoms with Gasteiger partial charge in [-0.1, -0.05) is 11.8 Å². The molecule has 0 radical (unpaired) electrons. The van der Waals surface area contributed by atoms with E-state index in [0.29, 0.717) is 22.2 Å². The van der Waals surface area contributed by atoms with E-state index in [4.69, 9.17) is 9.72 Å². The average Bonchev–Trinajstić information content (AvgIpc) is 3.07.